The molecule has 1 aliphatic carbocycles. The van der Waals surface area contributed by atoms with Crippen LogP contribution in [0.5, 0.6) is 5.75 Å². The van der Waals surface area contributed by atoms with Crippen LogP contribution in [0.4, 0.5) is 16.2 Å². The molecule has 5 rings (SSSR count). The highest BCUT2D eigenvalue weighted by molar-refractivity contribution is 7.99. The summed E-state index contributed by atoms with van der Waals surface area (Å²) in [5.74, 6) is 1.31. The van der Waals surface area contributed by atoms with Gasteiger partial charge in [0.1, 0.15) is 5.75 Å². The van der Waals surface area contributed by atoms with Gasteiger partial charge in [0.15, 0.2) is 0 Å². The van der Waals surface area contributed by atoms with E-state index in [1.165, 1.54) is 0 Å². The zero-order chi connectivity index (χ0) is 19.8. The number of fused-ring (bicyclic) bond motifs is 2. The Morgan fingerprint density at radius 2 is 1.55 bits per heavy atom. The first-order valence-corrected chi connectivity index (χ1v) is 10.7. The molecule has 1 fully saturated rings. The van der Waals surface area contributed by atoms with Gasteiger partial charge in [0.25, 0.3) is 0 Å². The van der Waals surface area contributed by atoms with E-state index in [9.17, 15) is 4.79 Å². The zero-order valence-electron chi connectivity index (χ0n) is 16.2. The van der Waals surface area contributed by atoms with Crippen LogP contribution in [0, 0.1) is 5.92 Å². The Labute approximate surface area is 174 Å². The van der Waals surface area contributed by atoms with E-state index in [2.05, 4.69) is 29.6 Å². The lowest BCUT2D eigenvalue weighted by Crippen LogP contribution is -2.40. The van der Waals surface area contributed by atoms with Gasteiger partial charge in [-0.05, 0) is 60.7 Å². The molecule has 5 heteroatoms. The number of urea groups is 1. The second-order valence-corrected chi connectivity index (χ2v) is 8.49. The van der Waals surface area contributed by atoms with E-state index in [4.69, 9.17) is 4.74 Å². The molecular weight excluding hydrogens is 380 g/mol. The van der Waals surface area contributed by atoms with Crippen molar-refractivity contribution in [1.82, 2.24) is 5.32 Å². The van der Waals surface area contributed by atoms with Crippen LogP contribution in [-0.2, 0) is 0 Å². The highest BCUT2D eigenvalue weighted by Crippen LogP contribution is 2.48. The summed E-state index contributed by atoms with van der Waals surface area (Å²) in [6, 6.07) is 24.1. The number of benzene rings is 3. The van der Waals surface area contributed by atoms with Crippen LogP contribution in [0.3, 0.4) is 0 Å². The van der Waals surface area contributed by atoms with Crippen LogP contribution >= 0.6 is 11.8 Å². The van der Waals surface area contributed by atoms with E-state index in [1.54, 1.807) is 18.9 Å². The molecule has 29 heavy (non-hydrogen) atoms. The molecule has 0 bridgehead atoms. The number of carbonyl (C=O) groups is 1. The average molecular weight is 403 g/mol. The Morgan fingerprint density at radius 1 is 0.966 bits per heavy atom. The Morgan fingerprint density at radius 3 is 2.10 bits per heavy atom. The number of nitrogens with zero attached hydrogens (tertiary/aromatic N) is 1. The predicted octanol–water partition coefficient (Wildman–Crippen LogP) is 6.16. The monoisotopic (exact) mass is 402 g/mol. The number of rotatable bonds is 4. The van der Waals surface area contributed by atoms with Crippen molar-refractivity contribution < 1.29 is 9.53 Å². The number of hydrogen-bond acceptors (Lipinski definition) is 3. The minimum atomic E-state index is -0.0853. The number of hydrogen-bond donors (Lipinski definition) is 1. The van der Waals surface area contributed by atoms with Crippen LogP contribution in [0.2, 0.25) is 0 Å². The number of para-hydroxylation sites is 2. The Kier molecular flexibility index (Phi) is 4.68. The maximum absolute atomic E-state index is 13.5. The summed E-state index contributed by atoms with van der Waals surface area (Å²) in [5.41, 5.74) is 2.98. The number of anilines is 2. The van der Waals surface area contributed by atoms with Crippen molar-refractivity contribution >= 4 is 29.2 Å². The van der Waals surface area contributed by atoms with Crippen molar-refractivity contribution in [1.29, 1.82) is 0 Å². The third-order valence-electron chi connectivity index (χ3n) is 5.48. The quantitative estimate of drug-likeness (QED) is 0.568. The fraction of sp³-hybridized carbons (Fsp3) is 0.208. The van der Waals surface area contributed by atoms with Crippen LogP contribution in [0.25, 0.3) is 0 Å². The van der Waals surface area contributed by atoms with E-state index < -0.39 is 0 Å². The molecule has 1 atom stereocenters. The molecule has 1 heterocycles. The molecule has 4 nitrogen and oxygen atoms in total. The minimum absolute atomic E-state index is 0.00214. The van der Waals surface area contributed by atoms with Gasteiger partial charge in [-0.1, -0.05) is 48.2 Å². The lowest BCUT2D eigenvalue weighted by Gasteiger charge is -2.32. The number of methoxy groups -OCH3 is 1. The molecule has 2 amide bonds. The normalized spacial score (nSPS) is 15.8. The zero-order valence-corrected chi connectivity index (χ0v) is 17.0. The van der Waals surface area contributed by atoms with Crippen LogP contribution < -0.4 is 15.0 Å². The van der Waals surface area contributed by atoms with E-state index in [0.717, 1.165) is 45.3 Å². The largest absolute Gasteiger partial charge is 0.497 e. The molecule has 0 radical (unpaired) electrons. The van der Waals surface area contributed by atoms with Gasteiger partial charge in [0.2, 0.25) is 0 Å². The topological polar surface area (TPSA) is 41.6 Å². The first kappa shape index (κ1) is 18.1. The van der Waals surface area contributed by atoms with Gasteiger partial charge in [-0.15, -0.1) is 0 Å². The molecule has 1 saturated carbocycles. The number of nitrogens with one attached hydrogen (secondary N) is 1. The highest BCUT2D eigenvalue weighted by atomic mass is 32.2. The van der Waals surface area contributed by atoms with Crippen molar-refractivity contribution in [3.63, 3.8) is 0 Å². The third-order valence-corrected chi connectivity index (χ3v) is 6.61. The van der Waals surface area contributed by atoms with Crippen molar-refractivity contribution in [3.05, 3.63) is 78.4 Å². The van der Waals surface area contributed by atoms with Gasteiger partial charge in [-0.2, -0.15) is 0 Å². The fourth-order valence-corrected chi connectivity index (χ4v) is 4.89. The summed E-state index contributed by atoms with van der Waals surface area (Å²) >= 11 is 1.71. The Bertz CT molecular complexity index is 1000. The van der Waals surface area contributed by atoms with Gasteiger partial charge in [0, 0.05) is 9.79 Å². The fourth-order valence-electron chi connectivity index (χ4n) is 3.84. The van der Waals surface area contributed by atoms with E-state index in [1.807, 2.05) is 53.4 Å². The van der Waals surface area contributed by atoms with Crippen molar-refractivity contribution in [2.75, 3.05) is 12.0 Å². The molecule has 0 aromatic heterocycles. The molecule has 146 valence electrons. The predicted molar refractivity (Wildman–Crippen MR) is 116 cm³/mol. The summed E-state index contributed by atoms with van der Waals surface area (Å²) in [6.07, 6.45) is 2.28. The standard InChI is InChI=1S/C24H22N2O2S/c1-28-18-14-12-17(13-15-18)23(16-10-11-16)25-24(27)26-19-6-2-4-8-21(19)29-22-9-5-3-7-20(22)26/h2-9,12-16,23H,10-11H2,1H3,(H,25,27)/t23-/m0/s1. The van der Waals surface area contributed by atoms with Gasteiger partial charge < -0.3 is 10.1 Å². The van der Waals surface area contributed by atoms with Crippen LogP contribution in [0.1, 0.15) is 24.4 Å². The van der Waals surface area contributed by atoms with Crippen LogP contribution in [-0.4, -0.2) is 13.1 Å². The molecular formula is C24H22N2O2S. The molecule has 0 spiro atoms. The summed E-state index contributed by atoms with van der Waals surface area (Å²) in [7, 11) is 1.67. The maximum atomic E-state index is 13.5. The Balaban J connectivity index is 1.48. The third kappa shape index (κ3) is 3.47. The van der Waals surface area contributed by atoms with Crippen molar-refractivity contribution in [2.24, 2.45) is 5.92 Å². The average Bonchev–Trinajstić information content (AvgIpc) is 3.61. The molecule has 1 N–H and O–H groups in total. The number of amides is 2. The van der Waals surface area contributed by atoms with E-state index in [-0.39, 0.29) is 12.1 Å². The second-order valence-electron chi connectivity index (χ2n) is 7.41. The Hall–Kier alpha value is -2.92. The summed E-state index contributed by atoms with van der Waals surface area (Å²) in [6.45, 7) is 0. The first-order valence-electron chi connectivity index (χ1n) is 9.85. The molecule has 2 aliphatic rings. The van der Waals surface area contributed by atoms with Crippen molar-refractivity contribution in [3.8, 4) is 5.75 Å². The number of ether oxygens (including phenoxy) is 1. The van der Waals surface area contributed by atoms with Crippen molar-refractivity contribution in [2.45, 2.75) is 28.7 Å². The van der Waals surface area contributed by atoms with Gasteiger partial charge >= 0.3 is 6.03 Å². The summed E-state index contributed by atoms with van der Waals surface area (Å²) < 4.78 is 5.28. The van der Waals surface area contributed by atoms with Crippen LogP contribution in [0.15, 0.2) is 82.6 Å². The molecule has 0 saturated heterocycles. The summed E-state index contributed by atoms with van der Waals surface area (Å²) in [5, 5.41) is 3.32. The second kappa shape index (κ2) is 7.48. The van der Waals surface area contributed by atoms with E-state index in [0.29, 0.717) is 5.92 Å². The molecule has 3 aromatic carbocycles. The first-order chi connectivity index (χ1) is 14.2. The van der Waals surface area contributed by atoms with Gasteiger partial charge in [0.05, 0.1) is 24.5 Å². The smallest absolute Gasteiger partial charge is 0.327 e. The van der Waals surface area contributed by atoms with Gasteiger partial charge in [-0.3, -0.25) is 4.90 Å². The number of carbonyl (C=O) groups excluding carboxylic acids is 1. The lowest BCUT2D eigenvalue weighted by atomic mass is 10.0. The lowest BCUT2D eigenvalue weighted by molar-refractivity contribution is 0.243. The summed E-state index contributed by atoms with van der Waals surface area (Å²) in [4.78, 5) is 17.5. The molecule has 0 unspecified atom stereocenters. The SMILES string of the molecule is COc1ccc([C@@H](NC(=O)N2c3ccccc3Sc3ccccc32)C2CC2)cc1. The maximum Gasteiger partial charge on any atom is 0.327 e. The highest BCUT2D eigenvalue weighted by Gasteiger charge is 2.36. The molecule has 1 aliphatic heterocycles. The van der Waals surface area contributed by atoms with Gasteiger partial charge in [-0.25, -0.2) is 4.79 Å². The minimum Gasteiger partial charge on any atom is -0.497 e. The van der Waals surface area contributed by atoms with E-state index >= 15 is 0 Å². The molecule has 3 aromatic rings.